The Morgan fingerprint density at radius 1 is 0.676 bits per heavy atom. The first-order chi connectivity index (χ1) is 16.7. The number of aromatic hydroxyl groups is 1. The Balaban J connectivity index is 1.51. The van der Waals surface area contributed by atoms with Crippen molar-refractivity contribution in [2.24, 2.45) is 0 Å². The molecule has 3 aromatic carbocycles. The number of rotatable bonds is 2. The van der Waals surface area contributed by atoms with Crippen molar-refractivity contribution in [1.82, 2.24) is 4.98 Å². The molecule has 0 aliphatic heterocycles. The fourth-order valence-electron chi connectivity index (χ4n) is 3.41. The van der Waals surface area contributed by atoms with Gasteiger partial charge < -0.3 is 5.11 Å². The van der Waals surface area contributed by atoms with E-state index in [4.69, 9.17) is 0 Å². The van der Waals surface area contributed by atoms with E-state index in [-0.39, 0.29) is 5.75 Å². The first-order valence-corrected chi connectivity index (χ1v) is 11.6. The zero-order chi connectivity index (χ0) is 23.2. The van der Waals surface area contributed by atoms with Gasteiger partial charge in [-0.2, -0.15) is 0 Å². The van der Waals surface area contributed by atoms with Crippen molar-refractivity contribution in [3.8, 4) is 29.4 Å². The molecule has 5 rings (SSSR count). The number of benzene rings is 3. The standard InChI is InChI=1S/C31H19NOS/c33-29-13-7-12-25-16-18-27(32-31(25)29)19-17-26-22-28(20-14-23-8-3-1-4-9-23)34-30(26)21-15-24-10-5-2-6-11-24/h1-13,16-19,22,33H/b19-17+. The lowest BCUT2D eigenvalue weighted by Gasteiger charge is -2.01. The molecule has 3 heteroatoms. The molecule has 160 valence electrons. The maximum Gasteiger partial charge on any atom is 0.141 e. The van der Waals surface area contributed by atoms with E-state index in [1.54, 1.807) is 17.4 Å². The minimum atomic E-state index is 0.177. The third kappa shape index (κ3) is 5.08. The third-order valence-electron chi connectivity index (χ3n) is 5.11. The Bertz CT molecular complexity index is 1610. The summed E-state index contributed by atoms with van der Waals surface area (Å²) in [7, 11) is 0. The van der Waals surface area contributed by atoms with E-state index < -0.39 is 0 Å². The quantitative estimate of drug-likeness (QED) is 0.293. The molecule has 0 saturated heterocycles. The fraction of sp³-hybridized carbons (Fsp3) is 0. The van der Waals surface area contributed by atoms with Gasteiger partial charge in [-0.25, -0.2) is 4.98 Å². The van der Waals surface area contributed by atoms with Crippen LogP contribution in [0.15, 0.2) is 97.1 Å². The van der Waals surface area contributed by atoms with Gasteiger partial charge in [-0.3, -0.25) is 0 Å². The molecule has 0 aliphatic rings. The Hall–Kier alpha value is -4.57. The summed E-state index contributed by atoms with van der Waals surface area (Å²) in [5.41, 5.74) is 4.29. The highest BCUT2D eigenvalue weighted by atomic mass is 32.1. The van der Waals surface area contributed by atoms with Crippen LogP contribution >= 0.6 is 11.3 Å². The van der Waals surface area contributed by atoms with E-state index in [0.29, 0.717) is 5.52 Å². The zero-order valence-electron chi connectivity index (χ0n) is 18.2. The zero-order valence-corrected chi connectivity index (χ0v) is 19.0. The van der Waals surface area contributed by atoms with Gasteiger partial charge >= 0.3 is 0 Å². The minimum absolute atomic E-state index is 0.177. The number of hydrogen-bond donors (Lipinski definition) is 1. The summed E-state index contributed by atoms with van der Waals surface area (Å²) < 4.78 is 0. The van der Waals surface area contributed by atoms with Gasteiger partial charge in [0.25, 0.3) is 0 Å². The monoisotopic (exact) mass is 453 g/mol. The summed E-state index contributed by atoms with van der Waals surface area (Å²) in [5.74, 6) is 13.2. The molecule has 2 nitrogen and oxygen atoms in total. The Morgan fingerprint density at radius 2 is 1.38 bits per heavy atom. The number of para-hydroxylation sites is 1. The normalized spacial score (nSPS) is 10.5. The fourth-order valence-corrected chi connectivity index (χ4v) is 4.26. The molecule has 0 aliphatic carbocycles. The maximum absolute atomic E-state index is 10.1. The lowest BCUT2D eigenvalue weighted by Crippen LogP contribution is -1.84. The molecule has 5 aromatic rings. The van der Waals surface area contributed by atoms with Gasteiger partial charge in [-0.1, -0.05) is 84.4 Å². The molecule has 0 amide bonds. The van der Waals surface area contributed by atoms with E-state index in [0.717, 1.165) is 37.5 Å². The van der Waals surface area contributed by atoms with Crippen LogP contribution in [0.1, 0.15) is 32.1 Å². The highest BCUT2D eigenvalue weighted by Crippen LogP contribution is 2.25. The van der Waals surface area contributed by atoms with Crippen LogP contribution < -0.4 is 0 Å². The second-order valence-electron chi connectivity index (χ2n) is 7.55. The van der Waals surface area contributed by atoms with Crippen LogP contribution in [0.4, 0.5) is 0 Å². The predicted molar refractivity (Wildman–Crippen MR) is 141 cm³/mol. The van der Waals surface area contributed by atoms with Crippen LogP contribution in [-0.4, -0.2) is 10.1 Å². The third-order valence-corrected chi connectivity index (χ3v) is 6.09. The molecule has 34 heavy (non-hydrogen) atoms. The topological polar surface area (TPSA) is 33.1 Å². The molecule has 0 atom stereocenters. The summed E-state index contributed by atoms with van der Waals surface area (Å²) in [6.45, 7) is 0. The largest absolute Gasteiger partial charge is 0.506 e. The molecular weight excluding hydrogens is 434 g/mol. The first kappa shape index (κ1) is 21.3. The number of phenols is 1. The van der Waals surface area contributed by atoms with Gasteiger partial charge in [-0.05, 0) is 48.5 Å². The van der Waals surface area contributed by atoms with Crippen LogP contribution in [0.5, 0.6) is 5.75 Å². The number of aromatic nitrogens is 1. The van der Waals surface area contributed by atoms with E-state index in [2.05, 4.69) is 34.7 Å². The maximum atomic E-state index is 10.1. The van der Waals surface area contributed by atoms with Gasteiger partial charge in [0.15, 0.2) is 0 Å². The Morgan fingerprint density at radius 3 is 2.12 bits per heavy atom. The molecular formula is C31H19NOS. The van der Waals surface area contributed by atoms with Crippen LogP contribution in [0.25, 0.3) is 23.1 Å². The second-order valence-corrected chi connectivity index (χ2v) is 8.60. The van der Waals surface area contributed by atoms with Gasteiger partial charge in [0.2, 0.25) is 0 Å². The highest BCUT2D eigenvalue weighted by molar-refractivity contribution is 7.13. The smallest absolute Gasteiger partial charge is 0.141 e. The average Bonchev–Trinajstić information content (AvgIpc) is 3.28. The van der Waals surface area contributed by atoms with Gasteiger partial charge in [-0.15, -0.1) is 11.3 Å². The van der Waals surface area contributed by atoms with E-state index in [9.17, 15) is 5.11 Å². The number of nitrogens with zero attached hydrogens (tertiary/aromatic N) is 1. The molecule has 0 fully saturated rings. The summed E-state index contributed by atoms with van der Waals surface area (Å²) in [6.07, 6.45) is 3.95. The highest BCUT2D eigenvalue weighted by Gasteiger charge is 2.05. The predicted octanol–water partition coefficient (Wildman–Crippen LogP) is 6.97. The number of thiophene rings is 1. The molecule has 0 saturated carbocycles. The van der Waals surface area contributed by atoms with Crippen LogP contribution in [0, 0.1) is 23.7 Å². The number of pyridine rings is 1. The van der Waals surface area contributed by atoms with Crippen LogP contribution in [0.2, 0.25) is 0 Å². The Kier molecular flexibility index (Phi) is 6.21. The van der Waals surface area contributed by atoms with Crippen molar-refractivity contribution in [3.63, 3.8) is 0 Å². The van der Waals surface area contributed by atoms with Crippen LogP contribution in [0.3, 0.4) is 0 Å². The first-order valence-electron chi connectivity index (χ1n) is 10.8. The van der Waals surface area contributed by atoms with E-state index in [1.165, 1.54) is 0 Å². The lowest BCUT2D eigenvalue weighted by atomic mass is 10.1. The average molecular weight is 454 g/mol. The molecule has 0 unspecified atom stereocenters. The van der Waals surface area contributed by atoms with Gasteiger partial charge in [0, 0.05) is 22.1 Å². The SMILES string of the molecule is Oc1cccc2ccc(/C=C/c3cc(C#Cc4ccccc4)sc3C#Cc3ccccc3)nc12. The lowest BCUT2D eigenvalue weighted by molar-refractivity contribution is 0.480. The Labute approximate surface area is 202 Å². The minimum Gasteiger partial charge on any atom is -0.506 e. The van der Waals surface area contributed by atoms with E-state index in [1.807, 2.05) is 97.1 Å². The molecule has 0 radical (unpaired) electrons. The van der Waals surface area contributed by atoms with Crippen LogP contribution in [-0.2, 0) is 0 Å². The second kappa shape index (κ2) is 9.92. The molecule has 0 spiro atoms. The van der Waals surface area contributed by atoms with Crippen molar-refractivity contribution < 1.29 is 5.11 Å². The van der Waals surface area contributed by atoms with Crippen molar-refractivity contribution >= 4 is 34.4 Å². The molecule has 2 heterocycles. The van der Waals surface area contributed by atoms with Crippen molar-refractivity contribution in [2.45, 2.75) is 0 Å². The summed E-state index contributed by atoms with van der Waals surface area (Å²) in [6, 6.07) is 31.3. The molecule has 0 bridgehead atoms. The van der Waals surface area contributed by atoms with E-state index >= 15 is 0 Å². The number of hydrogen-bond acceptors (Lipinski definition) is 3. The molecule has 1 N–H and O–H groups in total. The van der Waals surface area contributed by atoms with Crippen molar-refractivity contribution in [3.05, 3.63) is 129 Å². The molecule has 2 aromatic heterocycles. The number of fused-ring (bicyclic) bond motifs is 1. The summed E-state index contributed by atoms with van der Waals surface area (Å²) >= 11 is 1.58. The summed E-state index contributed by atoms with van der Waals surface area (Å²) in [5, 5.41) is 11.0. The van der Waals surface area contributed by atoms with Gasteiger partial charge in [0.05, 0.1) is 15.4 Å². The van der Waals surface area contributed by atoms with Crippen molar-refractivity contribution in [1.29, 1.82) is 0 Å². The number of phenolic OH excluding ortho intramolecular Hbond substituents is 1. The van der Waals surface area contributed by atoms with Gasteiger partial charge in [0.1, 0.15) is 11.3 Å². The summed E-state index contributed by atoms with van der Waals surface area (Å²) in [4.78, 5) is 6.49. The van der Waals surface area contributed by atoms with Crippen molar-refractivity contribution in [2.75, 3.05) is 0 Å².